The summed E-state index contributed by atoms with van der Waals surface area (Å²) in [4.78, 5) is 24.0. The zero-order chi connectivity index (χ0) is 20.9. The predicted octanol–water partition coefficient (Wildman–Crippen LogP) is 4.12. The monoisotopic (exact) mass is 407 g/mol. The summed E-state index contributed by atoms with van der Waals surface area (Å²) in [7, 11) is 0. The number of fused-ring (bicyclic) bond motifs is 1. The lowest BCUT2D eigenvalue weighted by Crippen LogP contribution is -2.32. The summed E-state index contributed by atoms with van der Waals surface area (Å²) in [5.74, 6) is 1.52. The van der Waals surface area contributed by atoms with Crippen LogP contribution in [0.5, 0.6) is 0 Å². The highest BCUT2D eigenvalue weighted by Crippen LogP contribution is 2.34. The number of anilines is 1. The van der Waals surface area contributed by atoms with Gasteiger partial charge in [0, 0.05) is 37.5 Å². The van der Waals surface area contributed by atoms with Crippen LogP contribution in [0.1, 0.15) is 51.8 Å². The van der Waals surface area contributed by atoms with E-state index >= 15 is 0 Å². The van der Waals surface area contributed by atoms with Gasteiger partial charge in [0.1, 0.15) is 22.7 Å². The van der Waals surface area contributed by atoms with Gasteiger partial charge >= 0.3 is 0 Å². The molecule has 2 aromatic heterocycles. The fraction of sp³-hybridized carbons (Fsp3) is 0.478. The van der Waals surface area contributed by atoms with Crippen LogP contribution in [-0.4, -0.2) is 40.2 Å². The Balaban J connectivity index is 1.67. The van der Waals surface area contributed by atoms with E-state index in [-0.39, 0.29) is 11.9 Å². The molecule has 0 spiro atoms. The Morgan fingerprint density at radius 2 is 1.93 bits per heavy atom. The Labute approximate surface area is 176 Å². The summed E-state index contributed by atoms with van der Waals surface area (Å²) in [6.07, 6.45) is 5.26. The van der Waals surface area contributed by atoms with Crippen LogP contribution in [0.25, 0.3) is 22.4 Å². The predicted molar refractivity (Wildman–Crippen MR) is 117 cm³/mol. The largest absolute Gasteiger partial charge is 0.356 e. The van der Waals surface area contributed by atoms with Crippen LogP contribution < -0.4 is 10.2 Å². The molecule has 158 valence electrons. The van der Waals surface area contributed by atoms with Crippen molar-refractivity contribution in [2.45, 2.75) is 58.4 Å². The van der Waals surface area contributed by atoms with E-state index in [4.69, 9.17) is 9.51 Å². The Hall–Kier alpha value is -2.96. The van der Waals surface area contributed by atoms with Crippen LogP contribution in [0.4, 0.5) is 5.82 Å². The SMILES string of the molecule is CCC(C)NC(=O)CCc1nc(N2CCCCC2)c2c(-c3ccccc3)noc2n1. The summed E-state index contributed by atoms with van der Waals surface area (Å²) < 4.78 is 5.64. The number of amides is 1. The van der Waals surface area contributed by atoms with Gasteiger partial charge < -0.3 is 14.7 Å². The lowest BCUT2D eigenvalue weighted by atomic mass is 10.1. The average Bonchev–Trinajstić information content (AvgIpc) is 3.22. The smallest absolute Gasteiger partial charge is 0.263 e. The number of nitrogens with one attached hydrogen (secondary N) is 1. The molecule has 1 N–H and O–H groups in total. The molecule has 1 saturated heterocycles. The van der Waals surface area contributed by atoms with Crippen molar-refractivity contribution in [1.82, 2.24) is 20.4 Å². The third kappa shape index (κ3) is 4.45. The molecular weight excluding hydrogens is 378 g/mol. The standard InChI is InChI=1S/C23H29N5O2/c1-3-16(2)24-19(29)13-12-18-25-22(28-14-8-5-9-15-28)20-21(27-30-23(20)26-18)17-10-6-4-7-11-17/h4,6-7,10-11,16H,3,5,8-9,12-15H2,1-2H3,(H,24,29). The van der Waals surface area contributed by atoms with Crippen molar-refractivity contribution < 1.29 is 9.32 Å². The molecule has 0 aliphatic carbocycles. The Bertz CT molecular complexity index is 996. The van der Waals surface area contributed by atoms with Crippen LogP contribution in [0.3, 0.4) is 0 Å². The minimum absolute atomic E-state index is 0.0233. The van der Waals surface area contributed by atoms with Gasteiger partial charge in [0.25, 0.3) is 5.71 Å². The van der Waals surface area contributed by atoms with Crippen LogP contribution in [0.2, 0.25) is 0 Å². The van der Waals surface area contributed by atoms with Crippen LogP contribution in [0.15, 0.2) is 34.9 Å². The van der Waals surface area contributed by atoms with E-state index in [9.17, 15) is 4.79 Å². The fourth-order valence-corrected chi connectivity index (χ4v) is 3.79. The normalized spacial score (nSPS) is 15.3. The maximum absolute atomic E-state index is 12.2. The first-order valence-electron chi connectivity index (χ1n) is 10.9. The Kier molecular flexibility index (Phi) is 6.26. The number of carbonyl (C=O) groups is 1. The molecule has 1 aliphatic rings. The Morgan fingerprint density at radius 1 is 1.17 bits per heavy atom. The van der Waals surface area contributed by atoms with Crippen molar-refractivity contribution in [2.75, 3.05) is 18.0 Å². The number of benzene rings is 1. The minimum Gasteiger partial charge on any atom is -0.356 e. The van der Waals surface area contributed by atoms with Gasteiger partial charge in [-0.05, 0) is 32.6 Å². The summed E-state index contributed by atoms with van der Waals surface area (Å²) in [5, 5.41) is 8.18. The molecular formula is C23H29N5O2. The summed E-state index contributed by atoms with van der Waals surface area (Å²) in [6.45, 7) is 5.98. The maximum Gasteiger partial charge on any atom is 0.263 e. The van der Waals surface area contributed by atoms with Crippen molar-refractivity contribution in [3.8, 4) is 11.3 Å². The highest BCUT2D eigenvalue weighted by atomic mass is 16.5. The molecule has 1 atom stereocenters. The zero-order valence-corrected chi connectivity index (χ0v) is 17.7. The van der Waals surface area contributed by atoms with Crippen molar-refractivity contribution >= 4 is 22.8 Å². The molecule has 1 aromatic carbocycles. The summed E-state index contributed by atoms with van der Waals surface area (Å²) in [6, 6.07) is 10.2. The van der Waals surface area contributed by atoms with Gasteiger partial charge in [-0.1, -0.05) is 42.4 Å². The van der Waals surface area contributed by atoms with Gasteiger partial charge in [0.2, 0.25) is 5.91 Å². The van der Waals surface area contributed by atoms with Gasteiger partial charge in [-0.3, -0.25) is 4.79 Å². The van der Waals surface area contributed by atoms with E-state index in [1.807, 2.05) is 37.3 Å². The highest BCUT2D eigenvalue weighted by molar-refractivity contribution is 5.98. The van der Waals surface area contributed by atoms with E-state index in [0.717, 1.165) is 54.8 Å². The van der Waals surface area contributed by atoms with Crippen molar-refractivity contribution in [3.63, 3.8) is 0 Å². The van der Waals surface area contributed by atoms with Gasteiger partial charge in [-0.25, -0.2) is 4.98 Å². The number of hydrogen-bond donors (Lipinski definition) is 1. The van der Waals surface area contributed by atoms with E-state index < -0.39 is 0 Å². The second-order valence-electron chi connectivity index (χ2n) is 7.97. The van der Waals surface area contributed by atoms with E-state index in [1.54, 1.807) is 0 Å². The molecule has 7 nitrogen and oxygen atoms in total. The number of rotatable bonds is 7. The van der Waals surface area contributed by atoms with Gasteiger partial charge in [0.05, 0.1) is 0 Å². The molecule has 30 heavy (non-hydrogen) atoms. The van der Waals surface area contributed by atoms with Crippen LogP contribution in [-0.2, 0) is 11.2 Å². The summed E-state index contributed by atoms with van der Waals surface area (Å²) >= 11 is 0. The number of aromatic nitrogens is 3. The Morgan fingerprint density at radius 3 is 2.67 bits per heavy atom. The van der Waals surface area contributed by atoms with Gasteiger partial charge in [-0.2, -0.15) is 4.98 Å². The minimum atomic E-state index is 0.0233. The lowest BCUT2D eigenvalue weighted by Gasteiger charge is -2.28. The molecule has 1 fully saturated rings. The quantitative estimate of drug-likeness (QED) is 0.634. The number of nitrogens with zero attached hydrogens (tertiary/aromatic N) is 4. The molecule has 3 aromatic rings. The number of piperidine rings is 1. The van der Waals surface area contributed by atoms with Crippen molar-refractivity contribution in [3.05, 3.63) is 36.2 Å². The second kappa shape index (κ2) is 9.24. The maximum atomic E-state index is 12.2. The van der Waals surface area contributed by atoms with Crippen molar-refractivity contribution in [1.29, 1.82) is 0 Å². The fourth-order valence-electron chi connectivity index (χ4n) is 3.79. The number of aryl methyl sites for hydroxylation is 1. The van der Waals surface area contributed by atoms with E-state index in [1.165, 1.54) is 6.42 Å². The molecule has 3 heterocycles. The summed E-state index contributed by atoms with van der Waals surface area (Å²) in [5.41, 5.74) is 2.24. The van der Waals surface area contributed by atoms with Gasteiger partial charge in [-0.15, -0.1) is 0 Å². The second-order valence-corrected chi connectivity index (χ2v) is 7.97. The molecule has 0 radical (unpaired) electrons. The number of hydrogen-bond acceptors (Lipinski definition) is 6. The van der Waals surface area contributed by atoms with E-state index in [2.05, 4.69) is 27.3 Å². The molecule has 1 amide bonds. The first kappa shape index (κ1) is 20.3. The number of carbonyl (C=O) groups excluding carboxylic acids is 1. The van der Waals surface area contributed by atoms with Crippen LogP contribution >= 0.6 is 0 Å². The zero-order valence-electron chi connectivity index (χ0n) is 17.7. The molecule has 1 unspecified atom stereocenters. The van der Waals surface area contributed by atoms with E-state index in [0.29, 0.717) is 24.4 Å². The lowest BCUT2D eigenvalue weighted by molar-refractivity contribution is -0.121. The first-order chi connectivity index (χ1) is 14.7. The average molecular weight is 408 g/mol. The molecule has 4 rings (SSSR count). The molecule has 7 heteroatoms. The molecule has 1 aliphatic heterocycles. The first-order valence-corrected chi connectivity index (χ1v) is 10.9. The molecule has 0 bridgehead atoms. The highest BCUT2D eigenvalue weighted by Gasteiger charge is 2.24. The third-order valence-corrected chi connectivity index (χ3v) is 5.66. The third-order valence-electron chi connectivity index (χ3n) is 5.66. The van der Waals surface area contributed by atoms with Crippen molar-refractivity contribution in [2.24, 2.45) is 0 Å². The van der Waals surface area contributed by atoms with Gasteiger partial charge in [0.15, 0.2) is 0 Å². The van der Waals surface area contributed by atoms with Crippen LogP contribution in [0, 0.1) is 0 Å². The topological polar surface area (TPSA) is 84.2 Å². The molecule has 0 saturated carbocycles.